The summed E-state index contributed by atoms with van der Waals surface area (Å²) in [7, 11) is -4.78. The van der Waals surface area contributed by atoms with E-state index in [1.54, 1.807) is 49.4 Å². The second-order valence-electron chi connectivity index (χ2n) is 8.87. The van der Waals surface area contributed by atoms with Crippen molar-refractivity contribution in [1.29, 1.82) is 0 Å². The number of aromatic amines is 1. The maximum atomic E-state index is 15.2. The van der Waals surface area contributed by atoms with Gasteiger partial charge in [0.05, 0.1) is 17.4 Å². The van der Waals surface area contributed by atoms with Crippen molar-refractivity contribution in [2.45, 2.75) is 6.92 Å². The second kappa shape index (κ2) is 10.3. The zero-order valence-electron chi connectivity index (χ0n) is 20.9. The molecule has 204 valence electrons. The summed E-state index contributed by atoms with van der Waals surface area (Å²) >= 11 is 0. The lowest BCUT2D eigenvalue weighted by Gasteiger charge is -2.22. The minimum Gasteiger partial charge on any atom is -0.452 e. The van der Waals surface area contributed by atoms with Crippen LogP contribution in [0.25, 0.3) is 16.6 Å². The monoisotopic (exact) mass is 563 g/mol. The Morgan fingerprint density at radius 2 is 1.85 bits per heavy atom. The zero-order chi connectivity index (χ0) is 28.6. The van der Waals surface area contributed by atoms with Crippen LogP contribution in [0.3, 0.4) is 0 Å². The topological polar surface area (TPSA) is 161 Å². The summed E-state index contributed by atoms with van der Waals surface area (Å²) in [6.07, 6.45) is 1.54. The molecular weight excluding hydrogens is 541 g/mol. The first-order valence-corrected chi connectivity index (χ1v) is 13.4. The van der Waals surface area contributed by atoms with Crippen LogP contribution in [0.5, 0.6) is 11.5 Å². The minimum absolute atomic E-state index is 0.146. The van der Waals surface area contributed by atoms with Crippen molar-refractivity contribution < 1.29 is 26.9 Å². The van der Waals surface area contributed by atoms with E-state index < -0.39 is 33.3 Å². The number of carbonyl (C=O) groups excluding carboxylic acids is 1. The molecule has 2 aromatic heterocycles. The van der Waals surface area contributed by atoms with Crippen LogP contribution < -0.4 is 20.9 Å². The Hall–Kier alpha value is -5.01. The Morgan fingerprint density at radius 1 is 1.10 bits per heavy atom. The van der Waals surface area contributed by atoms with Gasteiger partial charge in [-0.3, -0.25) is 28.7 Å². The normalized spacial score (nSPS) is 11.5. The van der Waals surface area contributed by atoms with E-state index >= 15 is 4.39 Å². The molecule has 0 saturated heterocycles. The molecule has 5 rings (SSSR count). The highest BCUT2D eigenvalue weighted by Gasteiger charge is 2.27. The molecule has 0 atom stereocenters. The molecular formula is C27H22FN5O6S. The fourth-order valence-corrected chi connectivity index (χ4v) is 4.78. The molecule has 13 heteroatoms. The maximum absolute atomic E-state index is 15.2. The molecule has 40 heavy (non-hydrogen) atoms. The van der Waals surface area contributed by atoms with Gasteiger partial charge in [0, 0.05) is 28.5 Å². The molecule has 4 N–H and O–H groups in total. The predicted octanol–water partition coefficient (Wildman–Crippen LogP) is 4.03. The van der Waals surface area contributed by atoms with E-state index in [2.05, 4.69) is 10.2 Å². The molecule has 5 aromatic rings. The number of aromatic nitrogens is 3. The van der Waals surface area contributed by atoms with Crippen LogP contribution in [-0.2, 0) is 10.1 Å². The Morgan fingerprint density at radius 3 is 2.55 bits per heavy atom. The molecule has 0 bridgehead atoms. The van der Waals surface area contributed by atoms with Crippen LogP contribution in [0.1, 0.15) is 16.1 Å². The second-order valence-corrected chi connectivity index (χ2v) is 10.3. The van der Waals surface area contributed by atoms with Gasteiger partial charge in [0.1, 0.15) is 5.56 Å². The van der Waals surface area contributed by atoms with Gasteiger partial charge in [-0.15, -0.1) is 0 Å². The maximum Gasteiger partial charge on any atom is 0.283 e. The van der Waals surface area contributed by atoms with Gasteiger partial charge in [0.25, 0.3) is 21.6 Å². The number of hydrogen-bond donors (Lipinski definition) is 3. The standard InChI is InChI=1S/C27H22FN5O6S/c1-16-7-9-20(27(35)33(16)18-5-3-2-4-6-18)26(34)32(15-40(36,37)38)19-8-10-24(21(28)12-19)39-25-11-17-14-30-31-23(17)13-22(25)29/h2-14H,15,29H2,1H3,(H,30,31)(H,36,37,38). The molecule has 2 heterocycles. The molecule has 0 spiro atoms. The number of pyridine rings is 1. The molecule has 0 aliphatic heterocycles. The fourth-order valence-electron chi connectivity index (χ4n) is 4.18. The van der Waals surface area contributed by atoms with Gasteiger partial charge in [0.2, 0.25) is 0 Å². The third-order valence-electron chi connectivity index (χ3n) is 6.08. The first kappa shape index (κ1) is 26.6. The van der Waals surface area contributed by atoms with E-state index in [0.717, 1.165) is 6.07 Å². The number of halogens is 1. The summed E-state index contributed by atoms with van der Waals surface area (Å²) in [6.45, 7) is 1.67. The first-order valence-electron chi connectivity index (χ1n) is 11.8. The van der Waals surface area contributed by atoms with Gasteiger partial charge in [-0.05, 0) is 55.5 Å². The number of nitrogens with zero attached hydrogens (tertiary/aromatic N) is 3. The number of ether oxygens (including phenoxy) is 1. The molecule has 3 aromatic carbocycles. The Balaban J connectivity index is 1.52. The highest BCUT2D eigenvalue weighted by molar-refractivity contribution is 7.85. The number of carbonyl (C=O) groups is 1. The Labute approximate surface area is 227 Å². The number of H-pyrrole nitrogens is 1. The zero-order valence-corrected chi connectivity index (χ0v) is 21.7. The van der Waals surface area contributed by atoms with Gasteiger partial charge >= 0.3 is 0 Å². The third kappa shape index (κ3) is 5.28. The van der Waals surface area contributed by atoms with E-state index in [1.165, 1.54) is 35.0 Å². The largest absolute Gasteiger partial charge is 0.452 e. The number of hydrogen-bond acceptors (Lipinski definition) is 7. The molecule has 0 saturated carbocycles. The molecule has 0 aliphatic rings. The number of nitrogens with one attached hydrogen (secondary N) is 1. The number of benzene rings is 3. The molecule has 0 radical (unpaired) electrons. The summed E-state index contributed by atoms with van der Waals surface area (Å²) in [5.41, 5.74) is 6.52. The molecule has 1 amide bonds. The SMILES string of the molecule is Cc1ccc(C(=O)N(CS(=O)(=O)O)c2ccc(Oc3cc4cn[nH]c4cc3N)c(F)c2)c(=O)n1-c1ccccc1. The smallest absolute Gasteiger partial charge is 0.283 e. The van der Waals surface area contributed by atoms with Crippen molar-refractivity contribution in [3.8, 4) is 17.2 Å². The van der Waals surface area contributed by atoms with E-state index in [-0.39, 0.29) is 28.4 Å². The lowest BCUT2D eigenvalue weighted by Crippen LogP contribution is -2.39. The number of nitrogen functional groups attached to an aromatic ring is 1. The van der Waals surface area contributed by atoms with Gasteiger partial charge in [-0.2, -0.15) is 13.5 Å². The molecule has 0 aliphatic carbocycles. The lowest BCUT2D eigenvalue weighted by molar-refractivity contribution is 0.0988. The van der Waals surface area contributed by atoms with Gasteiger partial charge in [0.15, 0.2) is 23.2 Å². The van der Waals surface area contributed by atoms with E-state index in [4.69, 9.17) is 10.5 Å². The van der Waals surface area contributed by atoms with Crippen molar-refractivity contribution in [3.05, 3.63) is 106 Å². The average Bonchev–Trinajstić information content (AvgIpc) is 3.35. The number of amides is 1. The molecule has 0 fully saturated rings. The summed E-state index contributed by atoms with van der Waals surface area (Å²) in [6, 6.07) is 17.7. The third-order valence-corrected chi connectivity index (χ3v) is 6.66. The van der Waals surface area contributed by atoms with Crippen LogP contribution >= 0.6 is 0 Å². The van der Waals surface area contributed by atoms with Crippen molar-refractivity contribution in [2.24, 2.45) is 0 Å². The highest BCUT2D eigenvalue weighted by Crippen LogP contribution is 2.34. The number of aryl methyl sites for hydroxylation is 1. The van der Waals surface area contributed by atoms with Crippen molar-refractivity contribution in [2.75, 3.05) is 16.5 Å². The summed E-state index contributed by atoms with van der Waals surface area (Å²) < 4.78 is 55.3. The van der Waals surface area contributed by atoms with E-state index in [0.29, 0.717) is 27.2 Å². The van der Waals surface area contributed by atoms with Crippen LogP contribution in [-0.4, -0.2) is 39.5 Å². The van der Waals surface area contributed by atoms with Crippen molar-refractivity contribution >= 4 is 38.3 Å². The van der Waals surface area contributed by atoms with Crippen LogP contribution in [0.15, 0.2) is 83.8 Å². The number of rotatable bonds is 7. The minimum atomic E-state index is -4.78. The Bertz CT molecular complexity index is 1920. The molecule has 0 unspecified atom stereocenters. The fraction of sp³-hybridized carbons (Fsp3) is 0.0741. The average molecular weight is 564 g/mol. The number of nitrogens with two attached hydrogens (primary N) is 1. The van der Waals surface area contributed by atoms with Gasteiger partial charge < -0.3 is 10.5 Å². The highest BCUT2D eigenvalue weighted by atomic mass is 32.2. The van der Waals surface area contributed by atoms with Gasteiger partial charge in [-0.25, -0.2) is 4.39 Å². The number of anilines is 2. The Kier molecular flexibility index (Phi) is 6.83. The molecule has 11 nitrogen and oxygen atoms in total. The summed E-state index contributed by atoms with van der Waals surface area (Å²) in [5, 5.41) is 7.33. The van der Waals surface area contributed by atoms with E-state index in [1.807, 2.05) is 0 Å². The van der Waals surface area contributed by atoms with Crippen LogP contribution in [0, 0.1) is 12.7 Å². The van der Waals surface area contributed by atoms with Crippen molar-refractivity contribution in [3.63, 3.8) is 0 Å². The predicted molar refractivity (Wildman–Crippen MR) is 147 cm³/mol. The quantitative estimate of drug-likeness (QED) is 0.198. The number of para-hydroxylation sites is 1. The first-order chi connectivity index (χ1) is 19.0. The van der Waals surface area contributed by atoms with Crippen molar-refractivity contribution in [1.82, 2.24) is 14.8 Å². The summed E-state index contributed by atoms with van der Waals surface area (Å²) in [5.74, 6) is -3.36. The van der Waals surface area contributed by atoms with Crippen LogP contribution in [0.4, 0.5) is 15.8 Å². The van der Waals surface area contributed by atoms with E-state index in [9.17, 15) is 22.6 Å². The summed E-state index contributed by atoms with van der Waals surface area (Å²) in [4.78, 5) is 27.5. The number of fused-ring (bicyclic) bond motifs is 1. The van der Waals surface area contributed by atoms with Crippen LogP contribution in [0.2, 0.25) is 0 Å². The van der Waals surface area contributed by atoms with Gasteiger partial charge in [-0.1, -0.05) is 18.2 Å². The lowest BCUT2D eigenvalue weighted by atomic mass is 10.2.